The van der Waals surface area contributed by atoms with Crippen molar-refractivity contribution in [2.75, 3.05) is 0 Å². The Kier molecular flexibility index (Phi) is 6.14. The molecule has 1 aromatic rings. The molecule has 1 N–H and O–H groups in total. The number of rotatable bonds is 8. The lowest BCUT2D eigenvalue weighted by Crippen LogP contribution is -2.00. The standard InChI is InChI=1S/C13H24N2/c1-3-5-7-9-12(8-6-4-2)13-10-11-14-15-13/h10-12H,3-9H2,1-2H3,(H,14,15). The first-order valence-electron chi connectivity index (χ1n) is 6.37. The Hall–Kier alpha value is -0.790. The fourth-order valence-electron chi connectivity index (χ4n) is 2.04. The summed E-state index contributed by atoms with van der Waals surface area (Å²) in [7, 11) is 0. The SMILES string of the molecule is CCCCCC(CCCC)c1ccn[nH]1. The van der Waals surface area contributed by atoms with Crippen LogP contribution in [0.25, 0.3) is 0 Å². The third-order valence-corrected chi connectivity index (χ3v) is 3.02. The van der Waals surface area contributed by atoms with Crippen LogP contribution >= 0.6 is 0 Å². The molecule has 0 amide bonds. The van der Waals surface area contributed by atoms with Crippen LogP contribution in [-0.4, -0.2) is 10.2 Å². The van der Waals surface area contributed by atoms with Crippen LogP contribution in [0.4, 0.5) is 0 Å². The number of nitrogens with zero attached hydrogens (tertiary/aromatic N) is 1. The van der Waals surface area contributed by atoms with Gasteiger partial charge in [-0.3, -0.25) is 5.10 Å². The molecule has 1 aromatic heterocycles. The minimum atomic E-state index is 0.707. The maximum Gasteiger partial charge on any atom is 0.0490 e. The van der Waals surface area contributed by atoms with Gasteiger partial charge in [0.25, 0.3) is 0 Å². The summed E-state index contributed by atoms with van der Waals surface area (Å²) in [6, 6.07) is 2.13. The van der Waals surface area contributed by atoms with Gasteiger partial charge in [0.1, 0.15) is 0 Å². The molecular weight excluding hydrogens is 184 g/mol. The molecule has 1 atom stereocenters. The van der Waals surface area contributed by atoms with Crippen LogP contribution in [0, 0.1) is 0 Å². The van der Waals surface area contributed by atoms with Crippen LogP contribution in [-0.2, 0) is 0 Å². The van der Waals surface area contributed by atoms with Crippen LogP contribution in [0.5, 0.6) is 0 Å². The quantitative estimate of drug-likeness (QED) is 0.635. The molecule has 0 fully saturated rings. The molecule has 0 bridgehead atoms. The van der Waals surface area contributed by atoms with E-state index < -0.39 is 0 Å². The Morgan fingerprint density at radius 3 is 2.47 bits per heavy atom. The molecule has 0 aliphatic rings. The number of aromatic amines is 1. The van der Waals surface area contributed by atoms with Gasteiger partial charge in [0, 0.05) is 17.8 Å². The predicted molar refractivity (Wildman–Crippen MR) is 65.0 cm³/mol. The van der Waals surface area contributed by atoms with Gasteiger partial charge in [-0.2, -0.15) is 5.10 Å². The molecule has 0 aliphatic heterocycles. The molecule has 0 radical (unpaired) electrons. The van der Waals surface area contributed by atoms with Gasteiger partial charge in [-0.05, 0) is 18.9 Å². The lowest BCUT2D eigenvalue weighted by molar-refractivity contribution is 0.505. The highest BCUT2D eigenvalue weighted by atomic mass is 15.1. The maximum absolute atomic E-state index is 4.05. The number of hydrogen-bond acceptors (Lipinski definition) is 1. The van der Waals surface area contributed by atoms with E-state index in [1.165, 1.54) is 50.6 Å². The van der Waals surface area contributed by atoms with Crippen molar-refractivity contribution in [3.8, 4) is 0 Å². The molecule has 1 unspecified atom stereocenters. The van der Waals surface area contributed by atoms with E-state index in [4.69, 9.17) is 0 Å². The van der Waals surface area contributed by atoms with Crippen molar-refractivity contribution in [1.29, 1.82) is 0 Å². The molecule has 0 aliphatic carbocycles. The molecule has 86 valence electrons. The zero-order valence-corrected chi connectivity index (χ0v) is 10.1. The molecule has 0 aromatic carbocycles. The van der Waals surface area contributed by atoms with Gasteiger partial charge in [-0.15, -0.1) is 0 Å². The fourth-order valence-corrected chi connectivity index (χ4v) is 2.04. The van der Waals surface area contributed by atoms with Gasteiger partial charge in [-0.25, -0.2) is 0 Å². The minimum absolute atomic E-state index is 0.707. The molecular formula is C13H24N2. The number of nitrogens with one attached hydrogen (secondary N) is 1. The second kappa shape index (κ2) is 7.49. The Labute approximate surface area is 93.5 Å². The van der Waals surface area contributed by atoms with E-state index in [1.54, 1.807) is 0 Å². The maximum atomic E-state index is 4.05. The Morgan fingerprint density at radius 1 is 1.13 bits per heavy atom. The van der Waals surface area contributed by atoms with Gasteiger partial charge >= 0.3 is 0 Å². The van der Waals surface area contributed by atoms with E-state index in [1.807, 2.05) is 6.20 Å². The first-order chi connectivity index (χ1) is 7.38. The normalized spacial score (nSPS) is 12.9. The largest absolute Gasteiger partial charge is 0.282 e. The van der Waals surface area contributed by atoms with Crippen LogP contribution in [0.1, 0.15) is 70.4 Å². The van der Waals surface area contributed by atoms with E-state index in [9.17, 15) is 0 Å². The molecule has 2 nitrogen and oxygen atoms in total. The molecule has 1 rings (SSSR count). The van der Waals surface area contributed by atoms with Crippen molar-refractivity contribution in [2.24, 2.45) is 0 Å². The summed E-state index contributed by atoms with van der Waals surface area (Å²) >= 11 is 0. The lowest BCUT2D eigenvalue weighted by atomic mass is 9.93. The molecule has 0 spiro atoms. The predicted octanol–water partition coefficient (Wildman–Crippen LogP) is 4.26. The smallest absolute Gasteiger partial charge is 0.0490 e. The number of unbranched alkanes of at least 4 members (excludes halogenated alkanes) is 3. The third-order valence-electron chi connectivity index (χ3n) is 3.02. The van der Waals surface area contributed by atoms with Gasteiger partial charge in [0.2, 0.25) is 0 Å². The van der Waals surface area contributed by atoms with E-state index in [-0.39, 0.29) is 0 Å². The highest BCUT2D eigenvalue weighted by molar-refractivity contribution is 5.05. The Morgan fingerprint density at radius 2 is 1.87 bits per heavy atom. The summed E-state index contributed by atoms with van der Waals surface area (Å²) in [4.78, 5) is 0. The van der Waals surface area contributed by atoms with Gasteiger partial charge in [-0.1, -0.05) is 46.0 Å². The highest BCUT2D eigenvalue weighted by Gasteiger charge is 2.11. The third kappa shape index (κ3) is 4.50. The van der Waals surface area contributed by atoms with Crippen LogP contribution in [0.2, 0.25) is 0 Å². The van der Waals surface area contributed by atoms with Crippen molar-refractivity contribution >= 4 is 0 Å². The van der Waals surface area contributed by atoms with Gasteiger partial charge in [0.15, 0.2) is 0 Å². The average Bonchev–Trinajstić information content (AvgIpc) is 2.76. The highest BCUT2D eigenvalue weighted by Crippen LogP contribution is 2.26. The summed E-state index contributed by atoms with van der Waals surface area (Å²) in [5.41, 5.74) is 1.33. The van der Waals surface area contributed by atoms with Gasteiger partial charge < -0.3 is 0 Å². The Balaban J connectivity index is 2.39. The number of hydrogen-bond donors (Lipinski definition) is 1. The van der Waals surface area contributed by atoms with Crippen molar-refractivity contribution in [3.05, 3.63) is 18.0 Å². The first-order valence-corrected chi connectivity index (χ1v) is 6.37. The van der Waals surface area contributed by atoms with Crippen LogP contribution in [0.15, 0.2) is 12.3 Å². The average molecular weight is 208 g/mol. The van der Waals surface area contributed by atoms with Crippen molar-refractivity contribution in [1.82, 2.24) is 10.2 Å². The second-order valence-electron chi connectivity index (χ2n) is 4.35. The lowest BCUT2D eigenvalue weighted by Gasteiger charge is -2.14. The van der Waals surface area contributed by atoms with Gasteiger partial charge in [0.05, 0.1) is 0 Å². The van der Waals surface area contributed by atoms with Crippen LogP contribution < -0.4 is 0 Å². The molecule has 15 heavy (non-hydrogen) atoms. The van der Waals surface area contributed by atoms with Crippen molar-refractivity contribution in [3.63, 3.8) is 0 Å². The molecule has 0 saturated carbocycles. The number of aromatic nitrogens is 2. The molecule has 1 heterocycles. The minimum Gasteiger partial charge on any atom is -0.282 e. The van der Waals surface area contributed by atoms with Crippen LogP contribution in [0.3, 0.4) is 0 Å². The summed E-state index contributed by atoms with van der Waals surface area (Å²) in [6.07, 6.45) is 11.1. The molecule has 2 heteroatoms. The summed E-state index contributed by atoms with van der Waals surface area (Å²) in [5, 5.41) is 7.18. The Bertz CT molecular complexity index is 229. The zero-order chi connectivity index (χ0) is 10.9. The fraction of sp³-hybridized carbons (Fsp3) is 0.769. The monoisotopic (exact) mass is 208 g/mol. The summed E-state index contributed by atoms with van der Waals surface area (Å²) < 4.78 is 0. The zero-order valence-electron chi connectivity index (χ0n) is 10.1. The van der Waals surface area contributed by atoms with E-state index in [0.29, 0.717) is 5.92 Å². The van der Waals surface area contributed by atoms with E-state index in [2.05, 4.69) is 30.1 Å². The first kappa shape index (κ1) is 12.3. The summed E-state index contributed by atoms with van der Waals surface area (Å²) in [5.74, 6) is 0.707. The summed E-state index contributed by atoms with van der Waals surface area (Å²) in [6.45, 7) is 4.52. The van der Waals surface area contributed by atoms with E-state index in [0.717, 1.165) is 0 Å². The molecule has 0 saturated heterocycles. The van der Waals surface area contributed by atoms with Crippen molar-refractivity contribution in [2.45, 2.75) is 64.7 Å². The van der Waals surface area contributed by atoms with E-state index >= 15 is 0 Å². The van der Waals surface area contributed by atoms with Crippen molar-refractivity contribution < 1.29 is 0 Å². The second-order valence-corrected chi connectivity index (χ2v) is 4.35. The number of H-pyrrole nitrogens is 1. The topological polar surface area (TPSA) is 28.7 Å².